The molecule has 1 fully saturated rings. The molecule has 0 aliphatic heterocycles. The maximum absolute atomic E-state index is 12.3. The lowest BCUT2D eigenvalue weighted by molar-refractivity contribution is -0.147. The first-order valence-electron chi connectivity index (χ1n) is 7.49. The molecule has 1 saturated carbocycles. The molecule has 23 heavy (non-hydrogen) atoms. The number of anilines is 1. The highest BCUT2D eigenvalue weighted by molar-refractivity contribution is 7.13. The number of benzene rings is 1. The second-order valence-corrected chi connectivity index (χ2v) is 7.06. The van der Waals surface area contributed by atoms with Crippen LogP contribution in [-0.4, -0.2) is 22.0 Å². The van der Waals surface area contributed by atoms with Gasteiger partial charge in [-0.05, 0) is 36.6 Å². The first kappa shape index (κ1) is 15.7. The van der Waals surface area contributed by atoms with Gasteiger partial charge in [0.2, 0.25) is 5.91 Å². The molecule has 6 heteroatoms. The summed E-state index contributed by atoms with van der Waals surface area (Å²) in [6.07, 6.45) is 2.16. The predicted octanol–water partition coefficient (Wildman–Crippen LogP) is 3.50. The number of rotatable bonds is 5. The van der Waals surface area contributed by atoms with Gasteiger partial charge in [-0.1, -0.05) is 13.8 Å². The summed E-state index contributed by atoms with van der Waals surface area (Å²) in [5.41, 5.74) is 0.752. The Bertz CT molecular complexity index is 725. The third-order valence-electron chi connectivity index (χ3n) is 4.58. The summed E-state index contributed by atoms with van der Waals surface area (Å²) in [5, 5.41) is 15.1. The normalized spacial score (nSPS) is 22.8. The van der Waals surface area contributed by atoms with E-state index < -0.39 is 17.3 Å². The zero-order chi connectivity index (χ0) is 16.6. The minimum Gasteiger partial charge on any atom is -0.481 e. The largest absolute Gasteiger partial charge is 0.481 e. The van der Waals surface area contributed by atoms with Crippen LogP contribution in [-0.2, 0) is 9.59 Å². The Balaban J connectivity index is 1.69. The number of amides is 1. The van der Waals surface area contributed by atoms with E-state index in [1.807, 2.05) is 43.5 Å². The molecule has 2 unspecified atom stereocenters. The SMILES string of the molecule is CC(C)C1(C(=O)O)CC1C(=O)Nc1ccc(-c2nccs2)cc1. The highest BCUT2D eigenvalue weighted by Crippen LogP contribution is 2.58. The number of nitrogens with one attached hydrogen (secondary N) is 1. The van der Waals surface area contributed by atoms with E-state index in [1.54, 1.807) is 17.5 Å². The lowest BCUT2D eigenvalue weighted by Gasteiger charge is -2.16. The van der Waals surface area contributed by atoms with Crippen LogP contribution in [0.25, 0.3) is 10.6 Å². The number of carboxylic acids is 1. The van der Waals surface area contributed by atoms with Crippen molar-refractivity contribution in [2.45, 2.75) is 20.3 Å². The summed E-state index contributed by atoms with van der Waals surface area (Å²) in [4.78, 5) is 28.0. The second-order valence-electron chi connectivity index (χ2n) is 6.16. The Morgan fingerprint density at radius 3 is 2.52 bits per heavy atom. The molecule has 1 aliphatic carbocycles. The van der Waals surface area contributed by atoms with Crippen LogP contribution in [0.15, 0.2) is 35.8 Å². The van der Waals surface area contributed by atoms with Gasteiger partial charge >= 0.3 is 5.97 Å². The van der Waals surface area contributed by atoms with E-state index in [1.165, 1.54) is 0 Å². The van der Waals surface area contributed by atoms with Crippen LogP contribution >= 0.6 is 11.3 Å². The van der Waals surface area contributed by atoms with Gasteiger partial charge < -0.3 is 10.4 Å². The average Bonchev–Trinajstić information content (AvgIpc) is 3.08. The van der Waals surface area contributed by atoms with Gasteiger partial charge in [0.05, 0.1) is 11.3 Å². The smallest absolute Gasteiger partial charge is 0.310 e. The predicted molar refractivity (Wildman–Crippen MR) is 89.2 cm³/mol. The van der Waals surface area contributed by atoms with E-state index in [4.69, 9.17) is 0 Å². The van der Waals surface area contributed by atoms with E-state index >= 15 is 0 Å². The summed E-state index contributed by atoms with van der Waals surface area (Å²) in [6.45, 7) is 3.70. The quantitative estimate of drug-likeness (QED) is 0.879. The van der Waals surface area contributed by atoms with Crippen molar-refractivity contribution in [3.05, 3.63) is 35.8 Å². The topological polar surface area (TPSA) is 79.3 Å². The van der Waals surface area contributed by atoms with Gasteiger partial charge in [-0.25, -0.2) is 4.98 Å². The van der Waals surface area contributed by atoms with E-state index in [2.05, 4.69) is 10.3 Å². The van der Waals surface area contributed by atoms with Crippen LogP contribution in [0.5, 0.6) is 0 Å². The van der Waals surface area contributed by atoms with Crippen LogP contribution in [0, 0.1) is 17.3 Å². The van der Waals surface area contributed by atoms with Crippen molar-refractivity contribution < 1.29 is 14.7 Å². The molecule has 0 spiro atoms. The average molecular weight is 330 g/mol. The van der Waals surface area contributed by atoms with Gasteiger partial charge in [0.1, 0.15) is 5.01 Å². The minimum atomic E-state index is -0.912. The maximum Gasteiger partial charge on any atom is 0.310 e. The molecule has 2 aromatic rings. The van der Waals surface area contributed by atoms with Crippen LogP contribution in [0.2, 0.25) is 0 Å². The lowest BCUT2D eigenvalue weighted by Crippen LogP contribution is -2.28. The number of hydrogen-bond donors (Lipinski definition) is 2. The standard InChI is InChI=1S/C17H18N2O3S/c1-10(2)17(16(21)22)9-13(17)14(20)19-12-5-3-11(4-6-12)15-18-7-8-23-15/h3-8,10,13H,9H2,1-2H3,(H,19,20)(H,21,22). The Labute approximate surface area is 138 Å². The number of thiazole rings is 1. The van der Waals surface area contributed by atoms with Crippen LogP contribution < -0.4 is 5.32 Å². The number of aliphatic carboxylic acids is 1. The summed E-state index contributed by atoms with van der Waals surface area (Å²) in [7, 11) is 0. The molecule has 3 rings (SSSR count). The van der Waals surface area contributed by atoms with Crippen molar-refractivity contribution in [3.8, 4) is 10.6 Å². The molecule has 120 valence electrons. The summed E-state index contributed by atoms with van der Waals surface area (Å²) in [5.74, 6) is -1.63. The van der Waals surface area contributed by atoms with Crippen LogP contribution in [0.1, 0.15) is 20.3 Å². The van der Waals surface area contributed by atoms with E-state index in [9.17, 15) is 14.7 Å². The number of aromatic nitrogens is 1. The van der Waals surface area contributed by atoms with Gasteiger partial charge in [-0.3, -0.25) is 9.59 Å². The molecule has 5 nitrogen and oxygen atoms in total. The third-order valence-corrected chi connectivity index (χ3v) is 5.40. The summed E-state index contributed by atoms with van der Waals surface area (Å²) >= 11 is 1.55. The lowest BCUT2D eigenvalue weighted by atomic mass is 9.89. The monoisotopic (exact) mass is 330 g/mol. The molecular formula is C17H18N2O3S. The molecule has 2 N–H and O–H groups in total. The van der Waals surface area contributed by atoms with Crippen molar-refractivity contribution in [3.63, 3.8) is 0 Å². The highest BCUT2D eigenvalue weighted by Gasteiger charge is 2.65. The molecule has 0 saturated heterocycles. The molecule has 1 aromatic carbocycles. The van der Waals surface area contributed by atoms with E-state index in [0.717, 1.165) is 10.6 Å². The molecule has 1 aromatic heterocycles. The summed E-state index contributed by atoms with van der Waals surface area (Å²) in [6, 6.07) is 7.42. The minimum absolute atomic E-state index is 0.0666. The fourth-order valence-electron chi connectivity index (χ4n) is 3.02. The second kappa shape index (κ2) is 5.77. The Morgan fingerprint density at radius 2 is 2.04 bits per heavy atom. The molecule has 2 atom stereocenters. The van der Waals surface area contributed by atoms with Crippen molar-refractivity contribution in [1.82, 2.24) is 4.98 Å². The number of hydrogen-bond acceptors (Lipinski definition) is 4. The van der Waals surface area contributed by atoms with Crippen molar-refractivity contribution in [2.24, 2.45) is 17.3 Å². The number of carboxylic acid groups (broad SMARTS) is 1. The Hall–Kier alpha value is -2.21. The number of nitrogens with zero attached hydrogens (tertiary/aromatic N) is 1. The van der Waals surface area contributed by atoms with Gasteiger partial charge in [-0.2, -0.15) is 0 Å². The van der Waals surface area contributed by atoms with E-state index in [-0.39, 0.29) is 11.8 Å². The van der Waals surface area contributed by atoms with Crippen molar-refractivity contribution in [2.75, 3.05) is 5.32 Å². The third kappa shape index (κ3) is 2.74. The first-order valence-corrected chi connectivity index (χ1v) is 8.37. The van der Waals surface area contributed by atoms with Gasteiger partial charge in [0.15, 0.2) is 0 Å². The van der Waals surface area contributed by atoms with Gasteiger partial charge in [0.25, 0.3) is 0 Å². The fourth-order valence-corrected chi connectivity index (χ4v) is 3.66. The molecule has 0 bridgehead atoms. The molecule has 1 amide bonds. The van der Waals surface area contributed by atoms with Gasteiger partial charge in [-0.15, -0.1) is 11.3 Å². The molecular weight excluding hydrogens is 312 g/mol. The molecule has 0 radical (unpaired) electrons. The highest BCUT2D eigenvalue weighted by atomic mass is 32.1. The zero-order valence-corrected chi connectivity index (χ0v) is 13.8. The molecule has 1 aliphatic rings. The molecule has 1 heterocycles. The summed E-state index contributed by atoms with van der Waals surface area (Å²) < 4.78 is 0. The van der Waals surface area contributed by atoms with Crippen LogP contribution in [0.4, 0.5) is 5.69 Å². The number of carbonyl (C=O) groups excluding carboxylic acids is 1. The maximum atomic E-state index is 12.3. The van der Waals surface area contributed by atoms with E-state index in [0.29, 0.717) is 12.1 Å². The van der Waals surface area contributed by atoms with Gasteiger partial charge in [0, 0.05) is 22.8 Å². The fraction of sp³-hybridized carbons (Fsp3) is 0.353. The van der Waals surface area contributed by atoms with Crippen molar-refractivity contribution in [1.29, 1.82) is 0 Å². The van der Waals surface area contributed by atoms with Crippen molar-refractivity contribution >= 4 is 28.9 Å². The van der Waals surface area contributed by atoms with Crippen LogP contribution in [0.3, 0.4) is 0 Å². The Kier molecular flexibility index (Phi) is 3.93. The Morgan fingerprint density at radius 1 is 1.35 bits per heavy atom. The zero-order valence-electron chi connectivity index (χ0n) is 12.9. The number of carbonyl (C=O) groups is 2. The first-order chi connectivity index (χ1) is 10.9.